The van der Waals surface area contributed by atoms with Gasteiger partial charge < -0.3 is 9.84 Å². The number of halogens is 4. The van der Waals surface area contributed by atoms with E-state index >= 15 is 0 Å². The second-order valence-corrected chi connectivity index (χ2v) is 5.83. The van der Waals surface area contributed by atoms with Gasteiger partial charge in [0.2, 0.25) is 11.8 Å². The lowest BCUT2D eigenvalue weighted by Gasteiger charge is -2.13. The SMILES string of the molecule is CC(Nc1ncc(-c2noc(C(F)(F)Cl)n2)cn1)c1cccc(Cl)n1. The molecule has 11 heteroatoms. The molecule has 3 aromatic rings. The van der Waals surface area contributed by atoms with Gasteiger partial charge in [0.25, 0.3) is 0 Å². The predicted molar refractivity (Wildman–Crippen MR) is 86.4 cm³/mol. The minimum atomic E-state index is -3.73. The third-order valence-corrected chi connectivity index (χ3v) is 3.48. The van der Waals surface area contributed by atoms with Crippen molar-refractivity contribution in [1.29, 1.82) is 0 Å². The molecule has 3 aromatic heterocycles. The van der Waals surface area contributed by atoms with E-state index < -0.39 is 11.3 Å². The van der Waals surface area contributed by atoms with Gasteiger partial charge in [0.05, 0.1) is 17.3 Å². The maximum atomic E-state index is 12.9. The fourth-order valence-electron chi connectivity index (χ4n) is 1.91. The topological polar surface area (TPSA) is 89.6 Å². The summed E-state index contributed by atoms with van der Waals surface area (Å²) in [5.41, 5.74) is 1.02. The monoisotopic (exact) mass is 386 g/mol. The van der Waals surface area contributed by atoms with Crippen molar-refractivity contribution in [2.24, 2.45) is 0 Å². The van der Waals surface area contributed by atoms with Crippen LogP contribution in [0.2, 0.25) is 5.15 Å². The summed E-state index contributed by atoms with van der Waals surface area (Å²) < 4.78 is 30.2. The quantitative estimate of drug-likeness (QED) is 0.522. The molecule has 1 atom stereocenters. The Morgan fingerprint density at radius 2 is 1.92 bits per heavy atom. The lowest BCUT2D eigenvalue weighted by atomic mass is 10.2. The summed E-state index contributed by atoms with van der Waals surface area (Å²) >= 11 is 10.7. The summed E-state index contributed by atoms with van der Waals surface area (Å²) in [4.78, 5) is 15.9. The molecule has 0 aliphatic rings. The third kappa shape index (κ3) is 4.18. The number of anilines is 1. The van der Waals surface area contributed by atoms with E-state index in [1.165, 1.54) is 12.4 Å². The molecule has 25 heavy (non-hydrogen) atoms. The first-order valence-electron chi connectivity index (χ1n) is 6.95. The summed E-state index contributed by atoms with van der Waals surface area (Å²) in [6.07, 6.45) is 2.74. The van der Waals surface area contributed by atoms with Crippen molar-refractivity contribution in [1.82, 2.24) is 25.1 Å². The molecule has 1 unspecified atom stereocenters. The number of nitrogens with one attached hydrogen (secondary N) is 1. The van der Waals surface area contributed by atoms with E-state index in [4.69, 9.17) is 23.2 Å². The van der Waals surface area contributed by atoms with Gasteiger partial charge in [0.15, 0.2) is 0 Å². The zero-order valence-electron chi connectivity index (χ0n) is 12.6. The van der Waals surface area contributed by atoms with Crippen molar-refractivity contribution < 1.29 is 13.3 Å². The number of alkyl halides is 3. The molecule has 130 valence electrons. The molecule has 0 saturated heterocycles. The maximum absolute atomic E-state index is 12.9. The van der Waals surface area contributed by atoms with E-state index in [0.717, 1.165) is 0 Å². The van der Waals surface area contributed by atoms with Gasteiger partial charge in [-0.3, -0.25) is 0 Å². The van der Waals surface area contributed by atoms with Gasteiger partial charge in [-0.2, -0.15) is 13.8 Å². The van der Waals surface area contributed by atoms with Crippen LogP contribution >= 0.6 is 23.2 Å². The highest BCUT2D eigenvalue weighted by molar-refractivity contribution is 6.29. The molecule has 0 fully saturated rings. The average molecular weight is 387 g/mol. The third-order valence-electron chi connectivity index (χ3n) is 3.10. The average Bonchev–Trinajstić information content (AvgIpc) is 3.06. The fraction of sp³-hybridized carbons (Fsp3) is 0.214. The molecule has 0 amide bonds. The van der Waals surface area contributed by atoms with Crippen molar-refractivity contribution in [3.63, 3.8) is 0 Å². The van der Waals surface area contributed by atoms with Gasteiger partial charge in [-0.1, -0.05) is 22.8 Å². The summed E-state index contributed by atoms with van der Waals surface area (Å²) in [6, 6.07) is 5.07. The van der Waals surface area contributed by atoms with Gasteiger partial charge in [0, 0.05) is 12.4 Å². The van der Waals surface area contributed by atoms with Gasteiger partial charge in [-0.25, -0.2) is 15.0 Å². The van der Waals surface area contributed by atoms with Crippen LogP contribution < -0.4 is 5.32 Å². The summed E-state index contributed by atoms with van der Waals surface area (Å²) in [6.45, 7) is 1.87. The normalized spacial score (nSPS) is 12.8. The molecule has 1 N–H and O–H groups in total. The van der Waals surface area contributed by atoms with Crippen LogP contribution in [-0.4, -0.2) is 25.1 Å². The Hall–Kier alpha value is -2.39. The van der Waals surface area contributed by atoms with Crippen molar-refractivity contribution in [3.8, 4) is 11.4 Å². The number of hydrogen-bond donors (Lipinski definition) is 1. The minimum Gasteiger partial charge on any atom is -0.346 e. The van der Waals surface area contributed by atoms with Crippen LogP contribution in [-0.2, 0) is 5.38 Å². The lowest BCUT2D eigenvalue weighted by Crippen LogP contribution is -2.10. The Kier molecular flexibility index (Phi) is 4.78. The Labute approximate surface area is 150 Å². The molecule has 3 heterocycles. The van der Waals surface area contributed by atoms with E-state index in [2.05, 4.69) is 34.9 Å². The van der Waals surface area contributed by atoms with Crippen LogP contribution in [0.15, 0.2) is 35.1 Å². The zero-order chi connectivity index (χ0) is 18.0. The van der Waals surface area contributed by atoms with Crippen molar-refractivity contribution in [2.45, 2.75) is 18.3 Å². The molecule has 0 aliphatic carbocycles. The van der Waals surface area contributed by atoms with Crippen LogP contribution in [0.3, 0.4) is 0 Å². The van der Waals surface area contributed by atoms with E-state index in [1.54, 1.807) is 12.1 Å². The van der Waals surface area contributed by atoms with Crippen LogP contribution in [0, 0.1) is 0 Å². The van der Waals surface area contributed by atoms with Gasteiger partial charge in [0.1, 0.15) is 5.15 Å². The first-order chi connectivity index (χ1) is 11.8. The Morgan fingerprint density at radius 3 is 2.52 bits per heavy atom. The number of rotatable bonds is 5. The molecule has 0 aromatic carbocycles. The van der Waals surface area contributed by atoms with Gasteiger partial charge in [-0.05, 0) is 30.7 Å². The number of nitrogens with zero attached hydrogens (tertiary/aromatic N) is 5. The van der Waals surface area contributed by atoms with Crippen LogP contribution in [0.4, 0.5) is 14.7 Å². The highest BCUT2D eigenvalue weighted by Gasteiger charge is 2.35. The van der Waals surface area contributed by atoms with Crippen molar-refractivity contribution >= 4 is 29.2 Å². The zero-order valence-corrected chi connectivity index (χ0v) is 14.1. The first-order valence-corrected chi connectivity index (χ1v) is 7.71. The van der Waals surface area contributed by atoms with Gasteiger partial charge >= 0.3 is 11.3 Å². The van der Waals surface area contributed by atoms with Crippen LogP contribution in [0.25, 0.3) is 11.4 Å². The molecule has 0 bridgehead atoms. The Balaban J connectivity index is 1.73. The van der Waals surface area contributed by atoms with E-state index in [-0.39, 0.29) is 11.9 Å². The van der Waals surface area contributed by atoms with E-state index in [9.17, 15) is 8.78 Å². The summed E-state index contributed by atoms with van der Waals surface area (Å²) in [7, 11) is 0. The van der Waals surface area contributed by atoms with Gasteiger partial charge in [-0.15, -0.1) is 0 Å². The second kappa shape index (κ2) is 6.85. The smallest absolute Gasteiger partial charge is 0.346 e. The van der Waals surface area contributed by atoms with Crippen molar-refractivity contribution in [3.05, 3.63) is 47.3 Å². The minimum absolute atomic E-state index is 0.0913. The van der Waals surface area contributed by atoms with E-state index in [0.29, 0.717) is 22.4 Å². The van der Waals surface area contributed by atoms with Crippen LogP contribution in [0.1, 0.15) is 24.6 Å². The highest BCUT2D eigenvalue weighted by atomic mass is 35.5. The fourth-order valence-corrected chi connectivity index (χ4v) is 2.15. The number of aromatic nitrogens is 5. The molecule has 7 nitrogen and oxygen atoms in total. The van der Waals surface area contributed by atoms with Crippen LogP contribution in [0.5, 0.6) is 0 Å². The Morgan fingerprint density at radius 1 is 1.20 bits per heavy atom. The molecule has 3 rings (SSSR count). The number of hydrogen-bond acceptors (Lipinski definition) is 7. The lowest BCUT2D eigenvalue weighted by molar-refractivity contribution is 0.0551. The maximum Gasteiger partial charge on any atom is 0.400 e. The van der Waals surface area contributed by atoms with E-state index in [1.807, 2.05) is 13.0 Å². The summed E-state index contributed by atoms with van der Waals surface area (Å²) in [5, 5.41) is 3.12. The largest absolute Gasteiger partial charge is 0.400 e. The highest BCUT2D eigenvalue weighted by Crippen LogP contribution is 2.31. The summed E-state index contributed by atoms with van der Waals surface area (Å²) in [5.74, 6) is -0.775. The molecule has 0 aliphatic heterocycles. The number of pyridine rings is 1. The molecular weight excluding hydrogens is 377 g/mol. The molecule has 0 spiro atoms. The first kappa shape index (κ1) is 17.4. The predicted octanol–water partition coefficient (Wildman–Crippen LogP) is 4.04. The molecular formula is C14H10Cl2F2N6O. The molecule has 0 saturated carbocycles. The second-order valence-electron chi connectivity index (χ2n) is 4.97. The standard InChI is InChI=1S/C14H10Cl2F2N6O/c1-7(9-3-2-4-10(15)22-9)21-13-19-5-8(6-20-13)11-23-12(25-24-11)14(16,17)18/h2-7H,1H3,(H,19,20,21). The Bertz CT molecular complexity index is 868. The molecule has 0 radical (unpaired) electrons. The van der Waals surface area contributed by atoms with Crippen molar-refractivity contribution in [2.75, 3.05) is 5.32 Å².